The van der Waals surface area contributed by atoms with Crippen molar-refractivity contribution < 1.29 is 4.79 Å². The van der Waals surface area contributed by atoms with Gasteiger partial charge in [-0.1, -0.05) is 25.1 Å². The van der Waals surface area contributed by atoms with Crippen LogP contribution in [0.4, 0.5) is 0 Å². The van der Waals surface area contributed by atoms with Gasteiger partial charge in [0.25, 0.3) is 5.91 Å². The highest BCUT2D eigenvalue weighted by atomic mass is 16.2. The van der Waals surface area contributed by atoms with E-state index in [0.717, 1.165) is 30.4 Å². The summed E-state index contributed by atoms with van der Waals surface area (Å²) < 4.78 is 0. The lowest BCUT2D eigenvalue weighted by molar-refractivity contribution is 0.0764. The van der Waals surface area contributed by atoms with E-state index >= 15 is 0 Å². The summed E-state index contributed by atoms with van der Waals surface area (Å²) in [4.78, 5) is 14.1. The molecule has 0 saturated carbocycles. The van der Waals surface area contributed by atoms with E-state index in [2.05, 4.69) is 6.07 Å². The molecule has 0 bridgehead atoms. The van der Waals surface area contributed by atoms with Crippen molar-refractivity contribution in [1.82, 2.24) is 4.90 Å². The zero-order valence-corrected chi connectivity index (χ0v) is 10.0. The standard InChI is InChI=1S/C14H16N2O/c1-2-11-6-3-4-8-13(11)14(17)16-9-5-7-12(16)10-15/h3-4,6,8,12H,2,5,7,9H2,1H3. The van der Waals surface area contributed by atoms with Crippen molar-refractivity contribution >= 4 is 5.91 Å². The molecule has 1 unspecified atom stereocenters. The first kappa shape index (κ1) is 11.7. The Labute approximate surface area is 102 Å². The third kappa shape index (κ3) is 2.16. The van der Waals surface area contributed by atoms with Gasteiger partial charge in [0.1, 0.15) is 6.04 Å². The van der Waals surface area contributed by atoms with Crippen LogP contribution >= 0.6 is 0 Å². The van der Waals surface area contributed by atoms with Crippen molar-refractivity contribution in [3.8, 4) is 6.07 Å². The maximum absolute atomic E-state index is 12.4. The van der Waals surface area contributed by atoms with E-state index in [1.807, 2.05) is 31.2 Å². The molecule has 1 fully saturated rings. The minimum atomic E-state index is -0.243. The highest BCUT2D eigenvalue weighted by Crippen LogP contribution is 2.21. The third-order valence-corrected chi connectivity index (χ3v) is 3.29. The number of likely N-dealkylation sites (tertiary alicyclic amines) is 1. The van der Waals surface area contributed by atoms with E-state index in [0.29, 0.717) is 6.54 Å². The van der Waals surface area contributed by atoms with Crippen LogP contribution in [0.3, 0.4) is 0 Å². The van der Waals surface area contributed by atoms with Crippen molar-refractivity contribution in [2.24, 2.45) is 0 Å². The lowest BCUT2D eigenvalue weighted by Crippen LogP contribution is -2.35. The molecule has 2 rings (SSSR count). The summed E-state index contributed by atoms with van der Waals surface area (Å²) in [6.07, 6.45) is 2.57. The molecule has 17 heavy (non-hydrogen) atoms. The molecular formula is C14H16N2O. The van der Waals surface area contributed by atoms with Gasteiger partial charge in [-0.05, 0) is 30.9 Å². The van der Waals surface area contributed by atoms with Crippen molar-refractivity contribution in [3.05, 3.63) is 35.4 Å². The maximum atomic E-state index is 12.4. The summed E-state index contributed by atoms with van der Waals surface area (Å²) in [5.41, 5.74) is 1.80. The molecule has 0 aliphatic carbocycles. The van der Waals surface area contributed by atoms with Gasteiger partial charge in [0.15, 0.2) is 0 Å². The predicted octanol–water partition coefficient (Wildman–Crippen LogP) is 2.38. The van der Waals surface area contributed by atoms with Crippen LogP contribution in [0.2, 0.25) is 0 Å². The number of carbonyl (C=O) groups excluding carboxylic acids is 1. The Balaban J connectivity index is 2.28. The Morgan fingerprint density at radius 1 is 1.53 bits per heavy atom. The topological polar surface area (TPSA) is 44.1 Å². The highest BCUT2D eigenvalue weighted by Gasteiger charge is 2.29. The Hall–Kier alpha value is -1.82. The lowest BCUT2D eigenvalue weighted by atomic mass is 10.0. The molecular weight excluding hydrogens is 212 g/mol. The van der Waals surface area contributed by atoms with Crippen molar-refractivity contribution in [1.29, 1.82) is 5.26 Å². The number of nitriles is 1. The smallest absolute Gasteiger partial charge is 0.255 e. The Morgan fingerprint density at radius 2 is 2.29 bits per heavy atom. The minimum absolute atomic E-state index is 0.00602. The average Bonchev–Trinajstić information content (AvgIpc) is 2.86. The minimum Gasteiger partial charge on any atom is -0.323 e. The number of nitrogens with zero attached hydrogens (tertiary/aromatic N) is 2. The van der Waals surface area contributed by atoms with Gasteiger partial charge < -0.3 is 4.90 Å². The third-order valence-electron chi connectivity index (χ3n) is 3.29. The van der Waals surface area contributed by atoms with E-state index in [4.69, 9.17) is 5.26 Å². The molecule has 3 nitrogen and oxygen atoms in total. The van der Waals surface area contributed by atoms with Crippen LogP contribution in [0.15, 0.2) is 24.3 Å². The molecule has 1 amide bonds. The van der Waals surface area contributed by atoms with Gasteiger partial charge in [-0.25, -0.2) is 0 Å². The fourth-order valence-corrected chi connectivity index (χ4v) is 2.34. The van der Waals surface area contributed by atoms with Gasteiger partial charge in [0.05, 0.1) is 6.07 Å². The molecule has 1 aromatic rings. The molecule has 3 heteroatoms. The predicted molar refractivity (Wildman–Crippen MR) is 65.5 cm³/mol. The normalized spacial score (nSPS) is 19.1. The molecule has 1 saturated heterocycles. The van der Waals surface area contributed by atoms with Gasteiger partial charge in [-0.2, -0.15) is 5.26 Å². The Morgan fingerprint density at radius 3 is 3.00 bits per heavy atom. The highest BCUT2D eigenvalue weighted by molar-refractivity contribution is 5.96. The zero-order chi connectivity index (χ0) is 12.3. The molecule has 0 radical (unpaired) electrons. The van der Waals surface area contributed by atoms with Gasteiger partial charge in [-0.15, -0.1) is 0 Å². The molecule has 0 aromatic heterocycles. The fourth-order valence-electron chi connectivity index (χ4n) is 2.34. The van der Waals surface area contributed by atoms with E-state index < -0.39 is 0 Å². The monoisotopic (exact) mass is 228 g/mol. The van der Waals surface area contributed by atoms with E-state index in [-0.39, 0.29) is 11.9 Å². The number of benzene rings is 1. The molecule has 1 atom stereocenters. The quantitative estimate of drug-likeness (QED) is 0.780. The van der Waals surface area contributed by atoms with Gasteiger partial charge >= 0.3 is 0 Å². The van der Waals surface area contributed by atoms with E-state index in [1.54, 1.807) is 4.90 Å². The zero-order valence-electron chi connectivity index (χ0n) is 10.0. The van der Waals surface area contributed by atoms with Gasteiger partial charge in [-0.3, -0.25) is 4.79 Å². The number of hydrogen-bond acceptors (Lipinski definition) is 2. The summed E-state index contributed by atoms with van der Waals surface area (Å²) in [7, 11) is 0. The number of amides is 1. The molecule has 0 N–H and O–H groups in total. The van der Waals surface area contributed by atoms with E-state index in [1.165, 1.54) is 0 Å². The summed E-state index contributed by atoms with van der Waals surface area (Å²) in [5.74, 6) is 0.00602. The van der Waals surface area contributed by atoms with Gasteiger partial charge in [0.2, 0.25) is 0 Å². The van der Waals surface area contributed by atoms with E-state index in [9.17, 15) is 4.79 Å². The summed E-state index contributed by atoms with van der Waals surface area (Å²) in [5, 5.41) is 9.01. The van der Waals surface area contributed by atoms with Crippen LogP contribution in [0.25, 0.3) is 0 Å². The Kier molecular flexibility index (Phi) is 3.43. The van der Waals surface area contributed by atoms with Gasteiger partial charge in [0, 0.05) is 12.1 Å². The lowest BCUT2D eigenvalue weighted by Gasteiger charge is -2.20. The molecule has 1 aliphatic heterocycles. The van der Waals surface area contributed by atoms with Crippen LogP contribution in [-0.2, 0) is 6.42 Å². The molecule has 1 aliphatic rings. The summed E-state index contributed by atoms with van der Waals surface area (Å²) in [6.45, 7) is 2.74. The first-order chi connectivity index (χ1) is 8.27. The second-order valence-corrected chi connectivity index (χ2v) is 4.30. The van der Waals surface area contributed by atoms with Crippen LogP contribution in [-0.4, -0.2) is 23.4 Å². The first-order valence-corrected chi connectivity index (χ1v) is 6.06. The fraction of sp³-hybridized carbons (Fsp3) is 0.429. The Bertz CT molecular complexity index is 462. The van der Waals surface area contributed by atoms with Crippen LogP contribution in [0, 0.1) is 11.3 Å². The summed E-state index contributed by atoms with van der Waals surface area (Å²) >= 11 is 0. The number of carbonyl (C=O) groups is 1. The second-order valence-electron chi connectivity index (χ2n) is 4.30. The van der Waals surface area contributed by atoms with Crippen molar-refractivity contribution in [2.45, 2.75) is 32.2 Å². The van der Waals surface area contributed by atoms with Crippen molar-refractivity contribution in [2.75, 3.05) is 6.54 Å². The molecule has 88 valence electrons. The largest absolute Gasteiger partial charge is 0.323 e. The SMILES string of the molecule is CCc1ccccc1C(=O)N1CCCC1C#N. The second kappa shape index (κ2) is 5.01. The number of aryl methyl sites for hydroxylation is 1. The van der Waals surface area contributed by atoms with Crippen molar-refractivity contribution in [3.63, 3.8) is 0 Å². The molecule has 1 aromatic carbocycles. The molecule has 1 heterocycles. The maximum Gasteiger partial charge on any atom is 0.255 e. The molecule has 0 spiro atoms. The first-order valence-electron chi connectivity index (χ1n) is 6.06. The summed E-state index contributed by atoms with van der Waals surface area (Å²) in [6, 6.07) is 9.62. The number of rotatable bonds is 2. The number of hydrogen-bond donors (Lipinski definition) is 0. The van der Waals surface area contributed by atoms with Crippen LogP contribution in [0.5, 0.6) is 0 Å². The average molecular weight is 228 g/mol. The van der Waals surface area contributed by atoms with Crippen LogP contribution in [0.1, 0.15) is 35.7 Å². The van der Waals surface area contributed by atoms with Crippen LogP contribution < -0.4 is 0 Å².